The first-order chi connectivity index (χ1) is 15.0. The van der Waals surface area contributed by atoms with Gasteiger partial charge in [-0.2, -0.15) is 8.42 Å². The van der Waals surface area contributed by atoms with Gasteiger partial charge in [-0.1, -0.05) is 72.3 Å². The summed E-state index contributed by atoms with van der Waals surface area (Å²) in [5.74, 6) is 0.810. The van der Waals surface area contributed by atoms with Crippen LogP contribution in [0.25, 0.3) is 21.9 Å². The van der Waals surface area contributed by atoms with Crippen molar-refractivity contribution in [2.45, 2.75) is 24.3 Å². The van der Waals surface area contributed by atoms with Crippen LogP contribution in [0.3, 0.4) is 0 Å². The predicted octanol–water partition coefficient (Wildman–Crippen LogP) is 5.83. The number of benzene rings is 4. The van der Waals surface area contributed by atoms with Crippen molar-refractivity contribution in [2.24, 2.45) is 0 Å². The smallest absolute Gasteiger partial charge is 0.297 e. The summed E-state index contributed by atoms with van der Waals surface area (Å²) in [6.07, 6.45) is 0.211. The fraction of sp³-hybridized carbons (Fsp3) is 0.154. The topological polar surface area (TPSA) is 52.6 Å². The van der Waals surface area contributed by atoms with E-state index in [0.717, 1.165) is 28.0 Å². The van der Waals surface area contributed by atoms with Crippen molar-refractivity contribution in [3.63, 3.8) is 0 Å². The Balaban J connectivity index is 1.58. The van der Waals surface area contributed by atoms with E-state index >= 15 is 0 Å². The number of para-hydroxylation sites is 1. The molecule has 31 heavy (non-hydrogen) atoms. The first kappa shape index (κ1) is 19.8. The highest BCUT2D eigenvalue weighted by molar-refractivity contribution is 7.86. The zero-order chi connectivity index (χ0) is 21.6. The molecule has 0 saturated heterocycles. The molecule has 4 aromatic rings. The van der Waals surface area contributed by atoms with Gasteiger partial charge in [0, 0.05) is 17.5 Å². The Morgan fingerprint density at radius 2 is 1.71 bits per heavy atom. The van der Waals surface area contributed by atoms with Crippen molar-refractivity contribution >= 4 is 20.9 Å². The standard InChI is InChI=1S/C26H22O4S/c1-17-10-13-25(31(27,28)29-2)23(14-17)24-16-21-8-5-9-22(26(21)30-24)20-12-11-18-6-3-4-7-19(18)15-20/h3-15,24H,16H2,1-2H3. The van der Waals surface area contributed by atoms with Crippen molar-refractivity contribution in [3.05, 3.63) is 95.6 Å². The highest BCUT2D eigenvalue weighted by Gasteiger charge is 2.31. The zero-order valence-corrected chi connectivity index (χ0v) is 18.1. The Morgan fingerprint density at radius 3 is 2.52 bits per heavy atom. The molecule has 0 spiro atoms. The summed E-state index contributed by atoms with van der Waals surface area (Å²) >= 11 is 0. The van der Waals surface area contributed by atoms with Crippen LogP contribution < -0.4 is 4.74 Å². The molecule has 0 aliphatic carbocycles. The Labute approximate surface area is 182 Å². The Hall–Kier alpha value is -3.15. The summed E-state index contributed by atoms with van der Waals surface area (Å²) in [6, 6.07) is 26.0. The summed E-state index contributed by atoms with van der Waals surface area (Å²) in [5.41, 5.74) is 4.75. The van der Waals surface area contributed by atoms with Crippen molar-refractivity contribution < 1.29 is 17.3 Å². The van der Waals surface area contributed by atoms with Crippen molar-refractivity contribution in [2.75, 3.05) is 7.11 Å². The lowest BCUT2D eigenvalue weighted by atomic mass is 9.97. The molecule has 156 valence electrons. The maximum absolute atomic E-state index is 12.5. The molecule has 0 N–H and O–H groups in total. The number of fused-ring (bicyclic) bond motifs is 2. The first-order valence-electron chi connectivity index (χ1n) is 10.2. The average Bonchev–Trinajstić information content (AvgIpc) is 3.23. The van der Waals surface area contributed by atoms with E-state index in [-0.39, 0.29) is 4.90 Å². The Morgan fingerprint density at radius 1 is 0.903 bits per heavy atom. The van der Waals surface area contributed by atoms with Gasteiger partial charge in [0.1, 0.15) is 16.7 Å². The minimum atomic E-state index is -3.84. The van der Waals surface area contributed by atoms with Crippen LogP contribution in [0, 0.1) is 6.92 Å². The van der Waals surface area contributed by atoms with E-state index in [0.29, 0.717) is 12.0 Å². The fourth-order valence-corrected chi connectivity index (χ4v) is 5.16. The predicted molar refractivity (Wildman–Crippen MR) is 122 cm³/mol. The van der Waals surface area contributed by atoms with Crippen LogP contribution >= 0.6 is 0 Å². The number of ether oxygens (including phenoxy) is 1. The van der Waals surface area contributed by atoms with Gasteiger partial charge in [-0.25, -0.2) is 0 Å². The van der Waals surface area contributed by atoms with Crippen LogP contribution in [-0.2, 0) is 20.7 Å². The second kappa shape index (κ2) is 7.52. The molecule has 0 fully saturated rings. The van der Waals surface area contributed by atoms with Crippen LogP contribution in [0.5, 0.6) is 5.75 Å². The van der Waals surface area contributed by atoms with Gasteiger partial charge in [-0.05, 0) is 41.0 Å². The third-order valence-corrected chi connectivity index (χ3v) is 7.17. The van der Waals surface area contributed by atoms with Gasteiger partial charge >= 0.3 is 0 Å². The van der Waals surface area contributed by atoms with Crippen molar-refractivity contribution in [1.29, 1.82) is 0 Å². The van der Waals surface area contributed by atoms with Crippen LogP contribution in [0.1, 0.15) is 22.8 Å². The summed E-state index contributed by atoms with van der Waals surface area (Å²) in [6.45, 7) is 1.94. The molecular weight excluding hydrogens is 408 g/mol. The number of rotatable bonds is 4. The highest BCUT2D eigenvalue weighted by atomic mass is 32.2. The minimum absolute atomic E-state index is 0.158. The van der Waals surface area contributed by atoms with Gasteiger partial charge in [-0.15, -0.1) is 0 Å². The SMILES string of the molecule is COS(=O)(=O)c1ccc(C)cc1C1Cc2cccc(-c3ccc4ccccc4c3)c2O1. The molecule has 0 bridgehead atoms. The molecule has 4 aromatic carbocycles. The normalized spacial score (nSPS) is 15.6. The number of aryl methyl sites for hydroxylation is 1. The minimum Gasteiger partial charge on any atom is -0.484 e. The lowest BCUT2D eigenvalue weighted by Crippen LogP contribution is -2.12. The summed E-state index contributed by atoms with van der Waals surface area (Å²) in [4.78, 5) is 0.158. The van der Waals surface area contributed by atoms with Gasteiger partial charge in [-0.3, -0.25) is 4.18 Å². The Kier molecular flexibility index (Phi) is 4.80. The first-order valence-corrected chi connectivity index (χ1v) is 11.6. The molecule has 0 amide bonds. The molecule has 5 heteroatoms. The summed E-state index contributed by atoms with van der Waals surface area (Å²) in [5, 5.41) is 2.35. The van der Waals surface area contributed by atoms with Crippen LogP contribution in [0.2, 0.25) is 0 Å². The molecule has 1 unspecified atom stereocenters. The van der Waals surface area contributed by atoms with Crippen molar-refractivity contribution in [1.82, 2.24) is 0 Å². The van der Waals surface area contributed by atoms with Crippen LogP contribution in [0.4, 0.5) is 0 Å². The molecule has 0 aromatic heterocycles. The second-order valence-electron chi connectivity index (χ2n) is 7.83. The zero-order valence-electron chi connectivity index (χ0n) is 17.3. The maximum Gasteiger partial charge on any atom is 0.297 e. The van der Waals surface area contributed by atoms with E-state index in [1.54, 1.807) is 12.1 Å². The molecule has 0 radical (unpaired) electrons. The second-order valence-corrected chi connectivity index (χ2v) is 9.51. The summed E-state index contributed by atoms with van der Waals surface area (Å²) in [7, 11) is -2.66. The molecular formula is C26H22O4S. The van der Waals surface area contributed by atoms with E-state index < -0.39 is 16.2 Å². The third-order valence-electron chi connectivity index (χ3n) is 5.82. The van der Waals surface area contributed by atoms with Gasteiger partial charge < -0.3 is 4.74 Å². The fourth-order valence-electron chi connectivity index (χ4n) is 4.26. The quantitative estimate of drug-likeness (QED) is 0.383. The van der Waals surface area contributed by atoms with E-state index in [1.807, 2.05) is 43.3 Å². The van der Waals surface area contributed by atoms with E-state index in [9.17, 15) is 8.42 Å². The van der Waals surface area contributed by atoms with Gasteiger partial charge in [0.15, 0.2) is 0 Å². The number of hydrogen-bond donors (Lipinski definition) is 0. The van der Waals surface area contributed by atoms with E-state index in [1.165, 1.54) is 17.9 Å². The van der Waals surface area contributed by atoms with Crippen molar-refractivity contribution in [3.8, 4) is 16.9 Å². The summed E-state index contributed by atoms with van der Waals surface area (Å²) < 4.78 is 36.2. The molecule has 1 aliphatic heterocycles. The molecule has 1 aliphatic rings. The molecule has 1 atom stereocenters. The molecule has 4 nitrogen and oxygen atoms in total. The molecule has 0 saturated carbocycles. The van der Waals surface area contributed by atoms with Gasteiger partial charge in [0.05, 0.1) is 7.11 Å². The highest BCUT2D eigenvalue weighted by Crippen LogP contribution is 2.45. The van der Waals surface area contributed by atoms with Crippen LogP contribution in [0.15, 0.2) is 83.8 Å². The Bertz CT molecular complexity index is 1410. The third kappa shape index (κ3) is 3.50. The largest absolute Gasteiger partial charge is 0.484 e. The molecule has 1 heterocycles. The van der Waals surface area contributed by atoms with Crippen LogP contribution in [-0.4, -0.2) is 15.5 Å². The van der Waals surface area contributed by atoms with E-state index in [2.05, 4.69) is 30.3 Å². The van der Waals surface area contributed by atoms with Gasteiger partial charge in [0.25, 0.3) is 10.1 Å². The van der Waals surface area contributed by atoms with E-state index in [4.69, 9.17) is 8.92 Å². The maximum atomic E-state index is 12.5. The average molecular weight is 431 g/mol. The lowest BCUT2D eigenvalue weighted by Gasteiger charge is -2.17. The monoisotopic (exact) mass is 430 g/mol. The molecule has 5 rings (SSSR count). The number of hydrogen-bond acceptors (Lipinski definition) is 4. The van der Waals surface area contributed by atoms with Gasteiger partial charge in [0.2, 0.25) is 0 Å². The lowest BCUT2D eigenvalue weighted by molar-refractivity contribution is 0.235.